The Hall–Kier alpha value is -0.930. The number of ether oxygens (including phenoxy) is 1. The van der Waals surface area contributed by atoms with Gasteiger partial charge in [-0.05, 0) is 38.1 Å². The minimum absolute atomic E-state index is 0.275. The van der Waals surface area contributed by atoms with Gasteiger partial charge in [-0.1, -0.05) is 15.9 Å². The minimum atomic E-state index is -0.275. The molecule has 0 saturated carbocycles. The molecular formula is C14H14BrClO2. The molecule has 2 aromatic rings. The third-order valence-corrected chi connectivity index (χ3v) is 3.68. The molecule has 0 fully saturated rings. The van der Waals surface area contributed by atoms with Crippen molar-refractivity contribution in [2.45, 2.75) is 19.2 Å². The molecule has 2 rings (SSSR count). The van der Waals surface area contributed by atoms with Crippen LogP contribution in [0.2, 0.25) is 0 Å². The Balaban J connectivity index is 2.43. The van der Waals surface area contributed by atoms with Crippen LogP contribution >= 0.6 is 27.5 Å². The molecule has 0 saturated heterocycles. The van der Waals surface area contributed by atoms with Crippen molar-refractivity contribution in [1.29, 1.82) is 0 Å². The Bertz CT molecular complexity index is 536. The van der Waals surface area contributed by atoms with Crippen molar-refractivity contribution in [1.82, 2.24) is 0 Å². The SMILES string of the molecule is CCOc1ccc(Br)cc1C(Cl)c1ccoc1C. The Morgan fingerprint density at radius 2 is 2.11 bits per heavy atom. The number of furan rings is 1. The Morgan fingerprint density at radius 1 is 1.33 bits per heavy atom. The first-order valence-electron chi connectivity index (χ1n) is 5.73. The lowest BCUT2D eigenvalue weighted by atomic mass is 10.0. The molecule has 96 valence electrons. The lowest BCUT2D eigenvalue weighted by molar-refractivity contribution is 0.336. The quantitative estimate of drug-likeness (QED) is 0.730. The normalized spacial score (nSPS) is 12.4. The fourth-order valence-corrected chi connectivity index (χ4v) is 2.61. The maximum atomic E-state index is 6.53. The topological polar surface area (TPSA) is 22.4 Å². The van der Waals surface area contributed by atoms with Crippen LogP contribution in [0, 0.1) is 6.92 Å². The van der Waals surface area contributed by atoms with Gasteiger partial charge in [0.2, 0.25) is 0 Å². The molecule has 18 heavy (non-hydrogen) atoms. The van der Waals surface area contributed by atoms with Crippen LogP contribution in [-0.2, 0) is 0 Å². The lowest BCUT2D eigenvalue weighted by Gasteiger charge is -2.15. The van der Waals surface area contributed by atoms with E-state index in [0.29, 0.717) is 6.61 Å². The minimum Gasteiger partial charge on any atom is -0.494 e. The van der Waals surface area contributed by atoms with Crippen molar-refractivity contribution < 1.29 is 9.15 Å². The zero-order valence-corrected chi connectivity index (χ0v) is 12.6. The van der Waals surface area contributed by atoms with Gasteiger partial charge in [-0.15, -0.1) is 11.6 Å². The molecule has 0 radical (unpaired) electrons. The Morgan fingerprint density at radius 3 is 2.72 bits per heavy atom. The van der Waals surface area contributed by atoms with E-state index in [0.717, 1.165) is 27.1 Å². The summed E-state index contributed by atoms with van der Waals surface area (Å²) in [7, 11) is 0. The fraction of sp³-hybridized carbons (Fsp3) is 0.286. The summed E-state index contributed by atoms with van der Waals surface area (Å²) >= 11 is 9.99. The largest absolute Gasteiger partial charge is 0.494 e. The van der Waals surface area contributed by atoms with Gasteiger partial charge in [-0.25, -0.2) is 0 Å². The molecule has 0 amide bonds. The second-order valence-corrected chi connectivity index (χ2v) is 5.26. The molecule has 2 nitrogen and oxygen atoms in total. The molecule has 0 spiro atoms. The van der Waals surface area contributed by atoms with E-state index in [4.69, 9.17) is 20.8 Å². The number of benzene rings is 1. The van der Waals surface area contributed by atoms with Crippen molar-refractivity contribution in [2.24, 2.45) is 0 Å². The van der Waals surface area contributed by atoms with E-state index in [-0.39, 0.29) is 5.38 Å². The highest BCUT2D eigenvalue weighted by molar-refractivity contribution is 9.10. The van der Waals surface area contributed by atoms with E-state index >= 15 is 0 Å². The van der Waals surface area contributed by atoms with Gasteiger partial charge < -0.3 is 9.15 Å². The van der Waals surface area contributed by atoms with Crippen LogP contribution in [0.3, 0.4) is 0 Å². The van der Waals surface area contributed by atoms with Crippen molar-refractivity contribution >= 4 is 27.5 Å². The summed E-state index contributed by atoms with van der Waals surface area (Å²) in [4.78, 5) is 0. The van der Waals surface area contributed by atoms with Gasteiger partial charge in [-0.3, -0.25) is 0 Å². The molecule has 1 unspecified atom stereocenters. The molecule has 0 aliphatic rings. The molecule has 0 N–H and O–H groups in total. The Kier molecular flexibility index (Phi) is 4.36. The van der Waals surface area contributed by atoms with Crippen LogP contribution in [0.15, 0.2) is 39.4 Å². The van der Waals surface area contributed by atoms with E-state index in [1.807, 2.05) is 38.1 Å². The van der Waals surface area contributed by atoms with Gasteiger partial charge in [0, 0.05) is 15.6 Å². The van der Waals surface area contributed by atoms with Gasteiger partial charge in [-0.2, -0.15) is 0 Å². The summed E-state index contributed by atoms with van der Waals surface area (Å²) in [6.07, 6.45) is 1.65. The number of alkyl halides is 1. The predicted molar refractivity (Wildman–Crippen MR) is 76.5 cm³/mol. The number of rotatable bonds is 4. The number of hydrogen-bond acceptors (Lipinski definition) is 2. The molecular weight excluding hydrogens is 316 g/mol. The molecule has 1 aromatic heterocycles. The molecule has 0 aliphatic heterocycles. The molecule has 1 atom stereocenters. The maximum Gasteiger partial charge on any atom is 0.124 e. The third-order valence-electron chi connectivity index (χ3n) is 2.72. The molecule has 0 aliphatic carbocycles. The van der Waals surface area contributed by atoms with Crippen LogP contribution in [0.5, 0.6) is 5.75 Å². The van der Waals surface area contributed by atoms with Gasteiger partial charge in [0.1, 0.15) is 11.5 Å². The Labute approximate surface area is 120 Å². The van der Waals surface area contributed by atoms with Gasteiger partial charge in [0.05, 0.1) is 18.2 Å². The van der Waals surface area contributed by atoms with E-state index < -0.39 is 0 Å². The first kappa shape index (κ1) is 13.5. The van der Waals surface area contributed by atoms with E-state index in [9.17, 15) is 0 Å². The summed E-state index contributed by atoms with van der Waals surface area (Å²) in [5.41, 5.74) is 1.91. The highest BCUT2D eigenvalue weighted by atomic mass is 79.9. The van der Waals surface area contributed by atoms with Crippen LogP contribution < -0.4 is 4.74 Å². The summed E-state index contributed by atoms with van der Waals surface area (Å²) < 4.78 is 11.9. The standard InChI is InChI=1S/C14H14BrClO2/c1-3-17-13-5-4-10(15)8-12(13)14(16)11-6-7-18-9(11)2/h4-8,14H,3H2,1-2H3. The van der Waals surface area contributed by atoms with E-state index in [2.05, 4.69) is 15.9 Å². The van der Waals surface area contributed by atoms with Gasteiger partial charge in [0.15, 0.2) is 0 Å². The number of aryl methyl sites for hydroxylation is 1. The highest BCUT2D eigenvalue weighted by Gasteiger charge is 2.19. The average molecular weight is 330 g/mol. The first-order chi connectivity index (χ1) is 8.63. The number of hydrogen-bond donors (Lipinski definition) is 0. The number of halogens is 2. The lowest BCUT2D eigenvalue weighted by Crippen LogP contribution is -2.00. The van der Waals surface area contributed by atoms with Crippen molar-refractivity contribution in [2.75, 3.05) is 6.61 Å². The van der Waals surface area contributed by atoms with Crippen molar-refractivity contribution in [3.8, 4) is 5.75 Å². The van der Waals surface area contributed by atoms with Crippen molar-refractivity contribution in [3.05, 3.63) is 51.9 Å². The molecule has 0 bridgehead atoms. The molecule has 4 heteroatoms. The predicted octanol–water partition coefficient (Wildman–Crippen LogP) is 5.08. The molecule has 1 heterocycles. The van der Waals surface area contributed by atoms with Crippen LogP contribution in [0.25, 0.3) is 0 Å². The summed E-state index contributed by atoms with van der Waals surface area (Å²) in [5.74, 6) is 1.64. The average Bonchev–Trinajstić information content (AvgIpc) is 2.77. The van der Waals surface area contributed by atoms with Crippen LogP contribution in [0.4, 0.5) is 0 Å². The van der Waals surface area contributed by atoms with E-state index in [1.54, 1.807) is 6.26 Å². The van der Waals surface area contributed by atoms with E-state index in [1.165, 1.54) is 0 Å². The second kappa shape index (κ2) is 5.81. The van der Waals surface area contributed by atoms with Crippen LogP contribution in [0.1, 0.15) is 29.2 Å². The summed E-state index contributed by atoms with van der Waals surface area (Å²) in [5, 5.41) is -0.275. The van der Waals surface area contributed by atoms with Crippen LogP contribution in [-0.4, -0.2) is 6.61 Å². The summed E-state index contributed by atoms with van der Waals surface area (Å²) in [6, 6.07) is 7.74. The molecule has 1 aromatic carbocycles. The van der Waals surface area contributed by atoms with Gasteiger partial charge >= 0.3 is 0 Å². The fourth-order valence-electron chi connectivity index (χ4n) is 1.83. The zero-order valence-electron chi connectivity index (χ0n) is 10.2. The maximum absolute atomic E-state index is 6.53. The summed E-state index contributed by atoms with van der Waals surface area (Å²) in [6.45, 7) is 4.48. The second-order valence-electron chi connectivity index (χ2n) is 3.91. The first-order valence-corrected chi connectivity index (χ1v) is 6.96. The van der Waals surface area contributed by atoms with Crippen molar-refractivity contribution in [3.63, 3.8) is 0 Å². The third kappa shape index (κ3) is 2.73. The monoisotopic (exact) mass is 328 g/mol. The zero-order chi connectivity index (χ0) is 13.1. The smallest absolute Gasteiger partial charge is 0.124 e. The highest BCUT2D eigenvalue weighted by Crippen LogP contribution is 2.38. The van der Waals surface area contributed by atoms with Gasteiger partial charge in [0.25, 0.3) is 0 Å².